The van der Waals surface area contributed by atoms with Crippen LogP contribution in [0.1, 0.15) is 30.9 Å². The average Bonchev–Trinajstić information content (AvgIpc) is 2.94. The average molecular weight is 604 g/mol. The van der Waals surface area contributed by atoms with E-state index in [1.807, 2.05) is 31.2 Å². The number of benzene rings is 1. The van der Waals surface area contributed by atoms with Crippen LogP contribution in [0.2, 0.25) is 0 Å². The lowest BCUT2D eigenvalue weighted by Crippen LogP contribution is -2.70. The second kappa shape index (κ2) is 13.8. The summed E-state index contributed by atoms with van der Waals surface area (Å²) in [6.07, 6.45) is 1.62. The predicted molar refractivity (Wildman–Crippen MR) is 156 cm³/mol. The Bertz CT molecular complexity index is 1360. The quantitative estimate of drug-likeness (QED) is 0.123. The van der Waals surface area contributed by atoms with E-state index >= 15 is 0 Å². The standard InChI is InChI=1S/C26H29N5O6S3/c1-2-3-10-37-26(36)27-12-16-7-5-4-6-15(16)11-19(38)28-21-23(33)31-22(25(34)35)17(14-40-24(21)31)13-39-20-9-8-18(32)29-30-20/h4-9,21,24H,2-3,10-14H2,1H3,(H,27,36)(H,28,38)(H,29,32)(H,34,35)/t21?,24-/m1/s1. The normalized spacial score (nSPS) is 18.0. The molecule has 2 atom stereocenters. The fourth-order valence-electron chi connectivity index (χ4n) is 4.19. The van der Waals surface area contributed by atoms with E-state index in [4.69, 9.17) is 17.0 Å². The van der Waals surface area contributed by atoms with Crippen LogP contribution in [-0.2, 0) is 27.3 Å². The lowest BCUT2D eigenvalue weighted by Gasteiger charge is -2.49. The molecule has 14 heteroatoms. The van der Waals surface area contributed by atoms with Crippen LogP contribution in [0.25, 0.3) is 0 Å². The van der Waals surface area contributed by atoms with Crippen LogP contribution in [0.15, 0.2) is 57.5 Å². The molecular weight excluding hydrogens is 575 g/mol. The summed E-state index contributed by atoms with van der Waals surface area (Å²) in [6, 6.07) is 9.82. The molecule has 2 aromatic rings. The first-order chi connectivity index (χ1) is 19.3. The van der Waals surface area contributed by atoms with Crippen LogP contribution in [0.3, 0.4) is 0 Å². The van der Waals surface area contributed by atoms with E-state index < -0.39 is 23.5 Å². The summed E-state index contributed by atoms with van der Waals surface area (Å²) in [5.41, 5.74) is 2.04. The first kappa shape index (κ1) is 29.6. The SMILES string of the molecule is CCCCOC(=O)NCc1ccccc1CC(=S)NC1C(=O)N2C(C(=O)O)=C(CSc3ccc(=O)[nH]n3)CS[C@H]12. The lowest BCUT2D eigenvalue weighted by molar-refractivity contribution is -0.148. The summed E-state index contributed by atoms with van der Waals surface area (Å²) in [4.78, 5) is 50.1. The van der Waals surface area contributed by atoms with Crippen LogP contribution in [0.5, 0.6) is 0 Å². The third-order valence-electron chi connectivity index (χ3n) is 6.24. The number of alkyl carbamates (subject to hydrolysis) is 1. The number of carbonyl (C=O) groups is 3. The monoisotopic (exact) mass is 603 g/mol. The predicted octanol–water partition coefficient (Wildman–Crippen LogP) is 2.67. The molecule has 0 aliphatic carbocycles. The number of amides is 2. The zero-order valence-electron chi connectivity index (χ0n) is 21.7. The van der Waals surface area contributed by atoms with E-state index in [0.717, 1.165) is 24.0 Å². The Morgan fingerprint density at radius 2 is 2.02 bits per heavy atom. The molecule has 1 aromatic heterocycles. The largest absolute Gasteiger partial charge is 0.477 e. The maximum atomic E-state index is 13.1. The molecule has 2 aliphatic heterocycles. The Kier molecular flexibility index (Phi) is 10.2. The molecule has 0 spiro atoms. The first-order valence-corrected chi connectivity index (χ1v) is 15.1. The minimum Gasteiger partial charge on any atom is -0.477 e. The molecule has 2 aliphatic rings. The Balaban J connectivity index is 1.35. The van der Waals surface area contributed by atoms with Gasteiger partial charge in [0.2, 0.25) is 0 Å². The number of carboxylic acids is 1. The van der Waals surface area contributed by atoms with Gasteiger partial charge in [0.15, 0.2) is 0 Å². The van der Waals surface area contributed by atoms with Crippen LogP contribution < -0.4 is 16.2 Å². The highest BCUT2D eigenvalue weighted by Crippen LogP contribution is 2.41. The van der Waals surface area contributed by atoms with Crippen LogP contribution in [0.4, 0.5) is 4.79 Å². The van der Waals surface area contributed by atoms with Crippen LogP contribution in [0, 0.1) is 0 Å². The van der Waals surface area contributed by atoms with Gasteiger partial charge in [-0.2, -0.15) is 5.10 Å². The summed E-state index contributed by atoms with van der Waals surface area (Å²) in [5.74, 6) is -0.775. The minimum absolute atomic E-state index is 0.0168. The molecule has 4 N–H and O–H groups in total. The molecule has 212 valence electrons. The van der Waals surface area contributed by atoms with Gasteiger partial charge in [0.25, 0.3) is 11.5 Å². The van der Waals surface area contributed by atoms with Gasteiger partial charge in [-0.25, -0.2) is 14.7 Å². The van der Waals surface area contributed by atoms with Gasteiger partial charge in [0.1, 0.15) is 22.1 Å². The van der Waals surface area contributed by atoms with Gasteiger partial charge in [-0.1, -0.05) is 49.8 Å². The van der Waals surface area contributed by atoms with Crippen molar-refractivity contribution in [2.75, 3.05) is 18.1 Å². The van der Waals surface area contributed by atoms with Gasteiger partial charge in [-0.05, 0) is 29.2 Å². The number of thiocarbonyl (C=S) groups is 1. The first-order valence-electron chi connectivity index (χ1n) is 12.6. The highest BCUT2D eigenvalue weighted by molar-refractivity contribution is 8.01. The molecule has 0 radical (unpaired) electrons. The third-order valence-corrected chi connectivity index (χ3v) is 8.86. The van der Waals surface area contributed by atoms with Crippen molar-refractivity contribution in [1.29, 1.82) is 0 Å². The molecule has 4 rings (SSSR count). The van der Waals surface area contributed by atoms with Gasteiger partial charge in [0, 0.05) is 30.5 Å². The zero-order chi connectivity index (χ0) is 28.6. The van der Waals surface area contributed by atoms with E-state index in [1.165, 1.54) is 34.5 Å². The van der Waals surface area contributed by atoms with Crippen molar-refractivity contribution in [3.8, 4) is 0 Å². The van der Waals surface area contributed by atoms with Gasteiger partial charge >= 0.3 is 12.1 Å². The smallest absolute Gasteiger partial charge is 0.407 e. The van der Waals surface area contributed by atoms with Gasteiger partial charge in [-0.15, -0.1) is 23.5 Å². The van der Waals surface area contributed by atoms with Crippen molar-refractivity contribution >= 4 is 58.7 Å². The fourth-order valence-corrected chi connectivity index (χ4v) is 6.79. The number of ether oxygens (including phenoxy) is 1. The van der Waals surface area contributed by atoms with Crippen LogP contribution >= 0.6 is 35.7 Å². The van der Waals surface area contributed by atoms with Crippen molar-refractivity contribution in [3.63, 3.8) is 0 Å². The van der Waals surface area contributed by atoms with E-state index in [2.05, 4.69) is 20.8 Å². The Hall–Kier alpha value is -3.36. The van der Waals surface area contributed by atoms with Crippen molar-refractivity contribution in [2.45, 2.75) is 49.2 Å². The van der Waals surface area contributed by atoms with Crippen molar-refractivity contribution < 1.29 is 24.2 Å². The number of carbonyl (C=O) groups excluding carboxylic acids is 2. The number of hydrogen-bond donors (Lipinski definition) is 4. The Morgan fingerprint density at radius 3 is 2.73 bits per heavy atom. The molecule has 3 heterocycles. The highest BCUT2D eigenvalue weighted by atomic mass is 32.2. The Morgan fingerprint density at radius 1 is 1.25 bits per heavy atom. The fraction of sp³-hybridized carbons (Fsp3) is 0.385. The Labute approximate surface area is 244 Å². The van der Waals surface area contributed by atoms with Crippen molar-refractivity contribution in [1.82, 2.24) is 25.7 Å². The van der Waals surface area contributed by atoms with Crippen molar-refractivity contribution in [2.24, 2.45) is 0 Å². The third kappa shape index (κ3) is 7.23. The topological polar surface area (TPSA) is 154 Å². The summed E-state index contributed by atoms with van der Waals surface area (Å²) in [6.45, 7) is 2.67. The highest BCUT2D eigenvalue weighted by Gasteiger charge is 2.53. The van der Waals surface area contributed by atoms with E-state index in [-0.39, 0.29) is 23.7 Å². The van der Waals surface area contributed by atoms with Gasteiger partial charge in [0.05, 0.1) is 11.6 Å². The number of aliphatic carboxylic acids is 1. The molecule has 1 fully saturated rings. The molecule has 1 unspecified atom stereocenters. The van der Waals surface area contributed by atoms with Crippen LogP contribution in [-0.4, -0.2) is 72.7 Å². The van der Waals surface area contributed by atoms with Gasteiger partial charge in [-0.3, -0.25) is 14.5 Å². The summed E-state index contributed by atoms with van der Waals surface area (Å²) in [5, 5.41) is 22.2. The lowest BCUT2D eigenvalue weighted by atomic mass is 10.0. The molecular formula is C26H29N5O6S3. The summed E-state index contributed by atoms with van der Waals surface area (Å²) >= 11 is 8.32. The summed E-state index contributed by atoms with van der Waals surface area (Å²) < 4.78 is 5.14. The number of hydrogen-bond acceptors (Lipinski definition) is 9. The second-order valence-corrected chi connectivity index (χ2v) is 11.6. The maximum Gasteiger partial charge on any atom is 0.407 e. The molecule has 0 bridgehead atoms. The summed E-state index contributed by atoms with van der Waals surface area (Å²) in [7, 11) is 0. The molecule has 1 aromatic carbocycles. The maximum absolute atomic E-state index is 13.1. The number of carboxylic acid groups (broad SMARTS) is 1. The number of nitrogens with one attached hydrogen (secondary N) is 3. The van der Waals surface area contributed by atoms with E-state index in [1.54, 1.807) is 6.07 Å². The molecule has 0 saturated carbocycles. The van der Waals surface area contributed by atoms with Gasteiger partial charge < -0.3 is 20.5 Å². The van der Waals surface area contributed by atoms with E-state index in [0.29, 0.717) is 40.1 Å². The number of H-pyrrole nitrogens is 1. The van der Waals surface area contributed by atoms with E-state index in [9.17, 15) is 24.3 Å². The zero-order valence-corrected chi connectivity index (χ0v) is 24.1. The minimum atomic E-state index is -1.17. The molecule has 11 nitrogen and oxygen atoms in total. The number of aromatic nitrogens is 2. The molecule has 1 saturated heterocycles. The number of rotatable bonds is 12. The number of β-lactam (4-membered cyclic amide) rings is 1. The number of aromatic amines is 1. The molecule has 40 heavy (non-hydrogen) atoms. The molecule has 2 amide bonds. The number of fused-ring (bicyclic) bond motifs is 1. The number of unbranched alkanes of at least 4 members (excludes halogenated alkanes) is 1. The van der Waals surface area contributed by atoms with Crippen molar-refractivity contribution in [3.05, 3.63) is 69.1 Å². The number of nitrogens with zero attached hydrogens (tertiary/aromatic N) is 2. The number of thioether (sulfide) groups is 2. The second-order valence-electron chi connectivity index (χ2n) is 9.05.